The molecule has 3 aliphatic rings. The van der Waals surface area contributed by atoms with Gasteiger partial charge in [-0.25, -0.2) is 0 Å². The van der Waals surface area contributed by atoms with Gasteiger partial charge in [0.15, 0.2) is 0 Å². The predicted octanol–water partition coefficient (Wildman–Crippen LogP) is 2.40. The third-order valence-corrected chi connectivity index (χ3v) is 6.29. The van der Waals surface area contributed by atoms with Crippen LogP contribution < -0.4 is 10.6 Å². The van der Waals surface area contributed by atoms with Gasteiger partial charge in [-0.3, -0.25) is 4.79 Å². The van der Waals surface area contributed by atoms with E-state index < -0.39 is 0 Å². The van der Waals surface area contributed by atoms with Crippen molar-refractivity contribution in [3.63, 3.8) is 0 Å². The highest BCUT2D eigenvalue weighted by atomic mass is 16.2. The second-order valence-electron chi connectivity index (χ2n) is 7.85. The molecule has 0 radical (unpaired) electrons. The average Bonchev–Trinajstić information content (AvgIpc) is 3.16. The van der Waals surface area contributed by atoms with Gasteiger partial charge < -0.3 is 10.6 Å². The zero-order chi connectivity index (χ0) is 15.2. The summed E-state index contributed by atoms with van der Waals surface area (Å²) in [7, 11) is 0. The lowest BCUT2D eigenvalue weighted by Gasteiger charge is -2.34. The van der Waals surface area contributed by atoms with Crippen molar-refractivity contribution < 1.29 is 4.79 Å². The second-order valence-corrected chi connectivity index (χ2v) is 7.85. The number of carbonyl (C=O) groups is 1. The van der Waals surface area contributed by atoms with E-state index in [4.69, 9.17) is 0 Å². The molecule has 118 valence electrons. The van der Waals surface area contributed by atoms with Crippen molar-refractivity contribution in [1.29, 1.82) is 0 Å². The lowest BCUT2D eigenvalue weighted by atomic mass is 9.81. The Balaban J connectivity index is 1.40. The van der Waals surface area contributed by atoms with Crippen LogP contribution in [0.3, 0.4) is 0 Å². The molecule has 1 saturated heterocycles. The fourth-order valence-electron chi connectivity index (χ4n) is 4.57. The van der Waals surface area contributed by atoms with Gasteiger partial charge in [-0.1, -0.05) is 31.2 Å². The topological polar surface area (TPSA) is 41.1 Å². The van der Waals surface area contributed by atoms with E-state index in [1.807, 2.05) is 0 Å². The molecule has 2 aliphatic carbocycles. The number of benzene rings is 1. The van der Waals surface area contributed by atoms with E-state index in [-0.39, 0.29) is 22.7 Å². The fraction of sp³-hybridized carbons (Fsp3) is 0.632. The number of aryl methyl sites for hydroxylation is 1. The maximum Gasteiger partial charge on any atom is 0.224 e. The van der Waals surface area contributed by atoms with E-state index in [1.54, 1.807) is 0 Å². The van der Waals surface area contributed by atoms with Crippen LogP contribution in [0.4, 0.5) is 0 Å². The van der Waals surface area contributed by atoms with Crippen LogP contribution in [-0.2, 0) is 16.6 Å². The molecular weight excluding hydrogens is 272 g/mol. The van der Waals surface area contributed by atoms with Crippen LogP contribution in [0.25, 0.3) is 0 Å². The second kappa shape index (κ2) is 5.09. The number of rotatable bonds is 3. The Morgan fingerprint density at radius 3 is 2.86 bits per heavy atom. The van der Waals surface area contributed by atoms with Crippen molar-refractivity contribution in [3.8, 4) is 0 Å². The van der Waals surface area contributed by atoms with E-state index in [0.29, 0.717) is 0 Å². The summed E-state index contributed by atoms with van der Waals surface area (Å²) in [6.45, 7) is 5.30. The summed E-state index contributed by atoms with van der Waals surface area (Å²) in [4.78, 5) is 12.6. The van der Waals surface area contributed by atoms with Gasteiger partial charge in [-0.05, 0) is 61.7 Å². The molecule has 1 aromatic rings. The number of hydrogen-bond donors (Lipinski definition) is 2. The van der Waals surface area contributed by atoms with Gasteiger partial charge in [-0.15, -0.1) is 0 Å². The molecule has 2 fully saturated rings. The standard InChI is InChI=1S/C19H26N2O/c1-18(8-10-20-11-9-18)13-21-17(22)16-12-19(16)7-6-14-4-2-3-5-15(14)19/h2-5,16,20H,6-13H2,1H3,(H,21,22). The Morgan fingerprint density at radius 2 is 2.05 bits per heavy atom. The summed E-state index contributed by atoms with van der Waals surface area (Å²) in [6, 6.07) is 8.71. The normalized spacial score (nSPS) is 31.8. The van der Waals surface area contributed by atoms with Gasteiger partial charge in [0.1, 0.15) is 0 Å². The van der Waals surface area contributed by atoms with Crippen molar-refractivity contribution in [2.75, 3.05) is 19.6 Å². The van der Waals surface area contributed by atoms with Gasteiger partial charge in [0.2, 0.25) is 5.91 Å². The minimum Gasteiger partial charge on any atom is -0.355 e. The largest absolute Gasteiger partial charge is 0.355 e. The van der Waals surface area contributed by atoms with Crippen LogP contribution >= 0.6 is 0 Å². The van der Waals surface area contributed by atoms with Crippen LogP contribution in [-0.4, -0.2) is 25.5 Å². The third-order valence-electron chi connectivity index (χ3n) is 6.29. The first kappa shape index (κ1) is 14.3. The van der Waals surface area contributed by atoms with Crippen molar-refractivity contribution in [1.82, 2.24) is 10.6 Å². The predicted molar refractivity (Wildman–Crippen MR) is 87.8 cm³/mol. The van der Waals surface area contributed by atoms with Gasteiger partial charge in [0, 0.05) is 17.9 Å². The maximum absolute atomic E-state index is 12.6. The summed E-state index contributed by atoms with van der Waals surface area (Å²) < 4.78 is 0. The van der Waals surface area contributed by atoms with Gasteiger partial charge in [0.25, 0.3) is 0 Å². The zero-order valence-corrected chi connectivity index (χ0v) is 13.5. The van der Waals surface area contributed by atoms with Crippen molar-refractivity contribution in [2.24, 2.45) is 11.3 Å². The van der Waals surface area contributed by atoms with Gasteiger partial charge >= 0.3 is 0 Å². The molecule has 3 heteroatoms. The Labute approximate surface area is 132 Å². The zero-order valence-electron chi connectivity index (χ0n) is 13.5. The number of nitrogens with one attached hydrogen (secondary N) is 2. The molecule has 2 atom stereocenters. The Morgan fingerprint density at radius 1 is 1.27 bits per heavy atom. The molecule has 1 aromatic carbocycles. The van der Waals surface area contributed by atoms with E-state index in [9.17, 15) is 4.79 Å². The van der Waals surface area contributed by atoms with Crippen molar-refractivity contribution >= 4 is 5.91 Å². The summed E-state index contributed by atoms with van der Waals surface area (Å²) in [5, 5.41) is 6.67. The number of hydrogen-bond acceptors (Lipinski definition) is 2. The molecule has 3 nitrogen and oxygen atoms in total. The number of fused-ring (bicyclic) bond motifs is 2. The van der Waals surface area contributed by atoms with Gasteiger partial charge in [0.05, 0.1) is 0 Å². The van der Waals surface area contributed by atoms with Gasteiger partial charge in [-0.2, -0.15) is 0 Å². The molecule has 1 spiro atoms. The van der Waals surface area contributed by atoms with Crippen LogP contribution in [0, 0.1) is 11.3 Å². The molecule has 1 heterocycles. The highest BCUT2D eigenvalue weighted by molar-refractivity contribution is 5.85. The molecule has 2 N–H and O–H groups in total. The summed E-state index contributed by atoms with van der Waals surface area (Å²) >= 11 is 0. The molecule has 0 aromatic heterocycles. The highest BCUT2D eigenvalue weighted by Crippen LogP contribution is 2.61. The first-order valence-corrected chi connectivity index (χ1v) is 8.70. The van der Waals surface area contributed by atoms with Crippen LogP contribution in [0.1, 0.15) is 43.7 Å². The number of amides is 1. The van der Waals surface area contributed by atoms with E-state index >= 15 is 0 Å². The van der Waals surface area contributed by atoms with E-state index in [0.717, 1.165) is 51.7 Å². The molecular formula is C19H26N2O. The first-order chi connectivity index (χ1) is 10.6. The lowest BCUT2D eigenvalue weighted by molar-refractivity contribution is -0.123. The van der Waals surface area contributed by atoms with E-state index in [1.165, 1.54) is 11.1 Å². The maximum atomic E-state index is 12.6. The summed E-state index contributed by atoms with van der Waals surface area (Å²) in [6.07, 6.45) is 5.67. The smallest absolute Gasteiger partial charge is 0.224 e. The minimum absolute atomic E-state index is 0.176. The summed E-state index contributed by atoms with van der Waals surface area (Å²) in [5.74, 6) is 0.498. The third kappa shape index (κ3) is 2.26. The monoisotopic (exact) mass is 298 g/mol. The molecule has 1 saturated carbocycles. The molecule has 4 rings (SSSR count). The van der Waals surface area contributed by atoms with Crippen LogP contribution in [0.5, 0.6) is 0 Å². The van der Waals surface area contributed by atoms with Crippen molar-refractivity contribution in [2.45, 2.75) is 44.4 Å². The molecule has 2 unspecified atom stereocenters. The highest BCUT2D eigenvalue weighted by Gasteiger charge is 2.61. The average molecular weight is 298 g/mol. The molecule has 0 bridgehead atoms. The number of carbonyl (C=O) groups excluding carboxylic acids is 1. The van der Waals surface area contributed by atoms with Crippen LogP contribution in [0.2, 0.25) is 0 Å². The Hall–Kier alpha value is -1.35. The Bertz CT molecular complexity index is 591. The molecule has 1 aliphatic heterocycles. The van der Waals surface area contributed by atoms with Crippen LogP contribution in [0.15, 0.2) is 24.3 Å². The molecule has 1 amide bonds. The SMILES string of the molecule is CC1(CNC(=O)C2CC23CCc2ccccc23)CCNCC1. The van der Waals surface area contributed by atoms with Crippen molar-refractivity contribution in [3.05, 3.63) is 35.4 Å². The minimum atomic E-state index is 0.176. The first-order valence-electron chi connectivity index (χ1n) is 8.70. The Kier molecular flexibility index (Phi) is 3.30. The molecule has 22 heavy (non-hydrogen) atoms. The van der Waals surface area contributed by atoms with E-state index in [2.05, 4.69) is 41.8 Å². The number of piperidine rings is 1. The quantitative estimate of drug-likeness (QED) is 0.899. The fourth-order valence-corrected chi connectivity index (χ4v) is 4.57. The summed E-state index contributed by atoms with van der Waals surface area (Å²) in [5.41, 5.74) is 3.36. The lowest BCUT2D eigenvalue weighted by Crippen LogP contribution is -2.43.